The van der Waals surface area contributed by atoms with E-state index in [-0.39, 0.29) is 6.09 Å². The van der Waals surface area contributed by atoms with Crippen LogP contribution in [0, 0.1) is 0 Å². The molecule has 2 aromatic rings. The van der Waals surface area contributed by atoms with Gasteiger partial charge in [0.2, 0.25) is 0 Å². The van der Waals surface area contributed by atoms with Gasteiger partial charge < -0.3 is 14.5 Å². The second kappa shape index (κ2) is 7.56. The van der Waals surface area contributed by atoms with Crippen LogP contribution < -0.4 is 4.90 Å². The Kier molecular flexibility index (Phi) is 4.99. The van der Waals surface area contributed by atoms with E-state index in [4.69, 9.17) is 16.3 Å². The number of allylic oxidation sites excluding steroid dienone is 1. The normalized spacial score (nSPS) is 16.5. The number of hydrogen-bond donors (Lipinski definition) is 0. The van der Waals surface area contributed by atoms with Crippen LogP contribution in [0.4, 0.5) is 10.5 Å². The van der Waals surface area contributed by atoms with Gasteiger partial charge in [0.05, 0.1) is 23.0 Å². The zero-order chi connectivity index (χ0) is 18.8. The number of pyridine rings is 2. The summed E-state index contributed by atoms with van der Waals surface area (Å²) < 4.78 is 5.10. The Morgan fingerprint density at radius 1 is 1.15 bits per heavy atom. The van der Waals surface area contributed by atoms with E-state index in [0.29, 0.717) is 26.1 Å². The summed E-state index contributed by atoms with van der Waals surface area (Å²) in [7, 11) is 0. The van der Waals surface area contributed by atoms with E-state index in [2.05, 4.69) is 14.9 Å². The molecule has 0 unspecified atom stereocenters. The molecule has 1 aliphatic heterocycles. The number of amides is 1. The molecule has 3 heterocycles. The molecule has 27 heavy (non-hydrogen) atoms. The number of carbonyl (C=O) groups excluding carboxylic acids is 1. The molecular weight excluding hydrogens is 364 g/mol. The molecule has 2 aromatic heterocycles. The van der Waals surface area contributed by atoms with Crippen molar-refractivity contribution < 1.29 is 9.53 Å². The molecule has 4 rings (SSSR count). The number of hydrogen-bond acceptors (Lipinski definition) is 5. The maximum absolute atomic E-state index is 11.9. The number of carbonyl (C=O) groups is 1. The quantitative estimate of drug-likeness (QED) is 0.811. The lowest BCUT2D eigenvalue weighted by atomic mass is 10.1. The fourth-order valence-electron chi connectivity index (χ4n) is 3.62. The molecular formula is C20H21ClN4O2. The molecule has 7 heteroatoms. The van der Waals surface area contributed by atoms with Gasteiger partial charge in [-0.1, -0.05) is 17.7 Å². The van der Waals surface area contributed by atoms with Crippen molar-refractivity contribution in [2.24, 2.45) is 0 Å². The monoisotopic (exact) mass is 384 g/mol. The van der Waals surface area contributed by atoms with E-state index in [1.807, 2.05) is 37.4 Å². The van der Waals surface area contributed by atoms with Crippen LogP contribution in [0.25, 0.3) is 10.6 Å². The fraction of sp³-hybridized carbons (Fsp3) is 0.350. The molecule has 1 aliphatic carbocycles. The Morgan fingerprint density at radius 3 is 2.67 bits per heavy atom. The third-order valence-electron chi connectivity index (χ3n) is 4.96. The minimum Gasteiger partial charge on any atom is -0.450 e. The third-order valence-corrected chi connectivity index (χ3v) is 5.37. The smallest absolute Gasteiger partial charge is 0.409 e. The molecule has 1 fully saturated rings. The highest BCUT2D eigenvalue weighted by Gasteiger charge is 2.30. The van der Waals surface area contributed by atoms with Gasteiger partial charge in [0.15, 0.2) is 0 Å². The van der Waals surface area contributed by atoms with E-state index in [1.54, 1.807) is 11.1 Å². The van der Waals surface area contributed by atoms with Crippen molar-refractivity contribution in [1.82, 2.24) is 14.9 Å². The van der Waals surface area contributed by atoms with E-state index in [1.165, 1.54) is 0 Å². The molecule has 1 amide bonds. The van der Waals surface area contributed by atoms with E-state index in [9.17, 15) is 4.79 Å². The minimum atomic E-state index is -0.243. The summed E-state index contributed by atoms with van der Waals surface area (Å²) in [5.74, 6) is 0. The van der Waals surface area contributed by atoms with Gasteiger partial charge >= 0.3 is 6.09 Å². The van der Waals surface area contributed by atoms with Gasteiger partial charge in [-0.05, 0) is 25.1 Å². The van der Waals surface area contributed by atoms with Gasteiger partial charge in [0.1, 0.15) is 0 Å². The Balaban J connectivity index is 1.58. The van der Waals surface area contributed by atoms with Gasteiger partial charge in [-0.25, -0.2) is 4.79 Å². The number of fused-ring (bicyclic) bond motifs is 1. The molecule has 0 aromatic carbocycles. The number of aromatic nitrogens is 2. The van der Waals surface area contributed by atoms with Crippen LogP contribution in [0.1, 0.15) is 23.9 Å². The topological polar surface area (TPSA) is 58.6 Å². The average Bonchev–Trinajstić information content (AvgIpc) is 3.06. The van der Waals surface area contributed by atoms with Gasteiger partial charge in [-0.15, -0.1) is 0 Å². The molecule has 140 valence electrons. The first kappa shape index (κ1) is 17.8. The Hall–Kier alpha value is -2.60. The second-order valence-corrected chi connectivity index (χ2v) is 6.89. The number of nitrogens with zero attached hydrogens (tertiary/aromatic N) is 4. The highest BCUT2D eigenvalue weighted by molar-refractivity contribution is 6.54. The van der Waals surface area contributed by atoms with Crippen LogP contribution in [-0.2, 0) is 11.2 Å². The van der Waals surface area contributed by atoms with E-state index in [0.717, 1.165) is 46.3 Å². The number of rotatable bonds is 3. The van der Waals surface area contributed by atoms with Crippen molar-refractivity contribution in [3.05, 3.63) is 53.6 Å². The Labute approximate surface area is 163 Å². The van der Waals surface area contributed by atoms with Gasteiger partial charge in [-0.3, -0.25) is 9.97 Å². The summed E-state index contributed by atoms with van der Waals surface area (Å²) in [6, 6.07) is 7.84. The summed E-state index contributed by atoms with van der Waals surface area (Å²) in [4.78, 5) is 24.9. The number of halogens is 1. The second-order valence-electron chi connectivity index (χ2n) is 6.51. The third kappa shape index (κ3) is 3.37. The fourth-order valence-corrected chi connectivity index (χ4v) is 3.98. The maximum Gasteiger partial charge on any atom is 0.409 e. The first-order valence-corrected chi connectivity index (χ1v) is 9.51. The van der Waals surface area contributed by atoms with Crippen molar-refractivity contribution in [1.29, 1.82) is 0 Å². The van der Waals surface area contributed by atoms with Gasteiger partial charge in [0, 0.05) is 61.8 Å². The highest BCUT2D eigenvalue weighted by Crippen LogP contribution is 2.43. The van der Waals surface area contributed by atoms with Crippen LogP contribution in [0.2, 0.25) is 0 Å². The summed E-state index contributed by atoms with van der Waals surface area (Å²) in [5, 5.41) is 0.722. The zero-order valence-electron chi connectivity index (χ0n) is 15.2. The van der Waals surface area contributed by atoms with E-state index < -0.39 is 0 Å². The summed E-state index contributed by atoms with van der Waals surface area (Å²) in [6.45, 7) is 4.95. The van der Waals surface area contributed by atoms with Gasteiger partial charge in [-0.2, -0.15) is 0 Å². The molecule has 0 bridgehead atoms. The van der Waals surface area contributed by atoms with Crippen molar-refractivity contribution >= 4 is 34.0 Å². The summed E-state index contributed by atoms with van der Waals surface area (Å²) in [5.41, 5.74) is 4.94. The first-order valence-electron chi connectivity index (χ1n) is 9.14. The first-order chi connectivity index (χ1) is 13.2. The number of piperazine rings is 1. The lowest BCUT2D eigenvalue weighted by molar-refractivity contribution is 0.105. The van der Waals surface area contributed by atoms with Crippen molar-refractivity contribution in [2.45, 2.75) is 13.3 Å². The molecule has 0 saturated carbocycles. The highest BCUT2D eigenvalue weighted by atomic mass is 35.5. The molecule has 6 nitrogen and oxygen atoms in total. The molecule has 2 aliphatic rings. The average molecular weight is 385 g/mol. The molecule has 0 N–H and O–H groups in total. The predicted octanol–water partition coefficient (Wildman–Crippen LogP) is 3.42. The molecule has 0 radical (unpaired) electrons. The van der Waals surface area contributed by atoms with Crippen LogP contribution in [0.15, 0.2) is 36.7 Å². The van der Waals surface area contributed by atoms with E-state index >= 15 is 0 Å². The van der Waals surface area contributed by atoms with Crippen LogP contribution >= 0.6 is 11.6 Å². The number of ether oxygens (including phenoxy) is 1. The molecule has 1 saturated heterocycles. The Morgan fingerprint density at radius 2 is 1.96 bits per heavy atom. The van der Waals surface area contributed by atoms with Crippen molar-refractivity contribution in [3.8, 4) is 0 Å². The zero-order valence-corrected chi connectivity index (χ0v) is 15.9. The molecule has 0 atom stereocenters. The van der Waals surface area contributed by atoms with Crippen molar-refractivity contribution in [2.75, 3.05) is 37.7 Å². The lowest BCUT2D eigenvalue weighted by Gasteiger charge is -2.36. The SMILES string of the molecule is CCOC(=O)N1CCN(c2ccnc3c2C(Cl)=C(c2ccccn2)C3)CC1. The predicted molar refractivity (Wildman–Crippen MR) is 106 cm³/mol. The minimum absolute atomic E-state index is 0.243. The lowest BCUT2D eigenvalue weighted by Crippen LogP contribution is -2.49. The van der Waals surface area contributed by atoms with Crippen LogP contribution in [0.3, 0.4) is 0 Å². The maximum atomic E-state index is 11.9. The number of anilines is 1. The Bertz CT molecular complexity index is 877. The standard InChI is InChI=1S/C20H21ClN4O2/c1-2-27-20(26)25-11-9-24(10-12-25)17-6-8-23-16-13-14(19(21)18(16)17)15-5-3-4-7-22-15/h3-8H,2,9-13H2,1H3. The van der Waals surface area contributed by atoms with Crippen LogP contribution in [0.5, 0.6) is 0 Å². The molecule has 0 spiro atoms. The van der Waals surface area contributed by atoms with Crippen LogP contribution in [-0.4, -0.2) is 53.7 Å². The largest absolute Gasteiger partial charge is 0.450 e. The summed E-state index contributed by atoms with van der Waals surface area (Å²) >= 11 is 6.78. The summed E-state index contributed by atoms with van der Waals surface area (Å²) in [6.07, 6.45) is 4.05. The van der Waals surface area contributed by atoms with Gasteiger partial charge in [0.25, 0.3) is 0 Å². The van der Waals surface area contributed by atoms with Crippen molar-refractivity contribution in [3.63, 3.8) is 0 Å².